The van der Waals surface area contributed by atoms with Gasteiger partial charge in [0.15, 0.2) is 0 Å². The van der Waals surface area contributed by atoms with Gasteiger partial charge in [0, 0.05) is 16.1 Å². The summed E-state index contributed by atoms with van der Waals surface area (Å²) in [5, 5.41) is 7.08. The summed E-state index contributed by atoms with van der Waals surface area (Å²) in [5.74, 6) is 0.565. The number of nitrogens with one attached hydrogen (secondary N) is 1. The van der Waals surface area contributed by atoms with E-state index in [-0.39, 0.29) is 17.8 Å². The minimum Gasteiger partial charge on any atom is -0.379 e. The first-order valence-corrected chi connectivity index (χ1v) is 7.02. The van der Waals surface area contributed by atoms with Gasteiger partial charge in [-0.1, -0.05) is 21.1 Å². The standard InChI is InChI=1S/C13H13BrFN3O2/c1-16-11-6-19-5-10(11)13-17-12(18-20-13)7-2-8(14)4-9(15)3-7/h2-4,10-11,16H,5-6H2,1H3. The smallest absolute Gasteiger partial charge is 0.234 e. The van der Waals surface area contributed by atoms with Crippen LogP contribution < -0.4 is 5.32 Å². The number of rotatable bonds is 3. The molecule has 0 saturated carbocycles. The molecule has 1 aliphatic heterocycles. The van der Waals surface area contributed by atoms with Gasteiger partial charge in [-0.3, -0.25) is 0 Å². The van der Waals surface area contributed by atoms with E-state index in [4.69, 9.17) is 9.26 Å². The van der Waals surface area contributed by atoms with Crippen LogP contribution in [0.5, 0.6) is 0 Å². The maximum Gasteiger partial charge on any atom is 0.234 e. The second-order valence-electron chi connectivity index (χ2n) is 4.65. The van der Waals surface area contributed by atoms with Gasteiger partial charge in [-0.15, -0.1) is 0 Å². The highest BCUT2D eigenvalue weighted by molar-refractivity contribution is 9.10. The molecule has 0 aliphatic carbocycles. The fourth-order valence-corrected chi connectivity index (χ4v) is 2.73. The summed E-state index contributed by atoms with van der Waals surface area (Å²) < 4.78 is 24.7. The van der Waals surface area contributed by atoms with E-state index in [0.717, 1.165) is 0 Å². The molecular formula is C13H13BrFN3O2. The topological polar surface area (TPSA) is 60.2 Å². The summed E-state index contributed by atoms with van der Waals surface area (Å²) in [6.07, 6.45) is 0. The van der Waals surface area contributed by atoms with Gasteiger partial charge in [0.25, 0.3) is 0 Å². The Morgan fingerprint density at radius 1 is 1.35 bits per heavy atom. The SMILES string of the molecule is CNC1COCC1c1nc(-c2cc(F)cc(Br)c2)no1. The van der Waals surface area contributed by atoms with Crippen molar-refractivity contribution in [2.45, 2.75) is 12.0 Å². The maximum atomic E-state index is 13.4. The molecule has 1 aromatic heterocycles. The number of aromatic nitrogens is 2. The average Bonchev–Trinajstić information content (AvgIpc) is 3.06. The van der Waals surface area contributed by atoms with Crippen molar-refractivity contribution in [3.63, 3.8) is 0 Å². The molecule has 2 aromatic rings. The van der Waals surface area contributed by atoms with Crippen molar-refractivity contribution in [3.05, 3.63) is 34.4 Å². The van der Waals surface area contributed by atoms with Crippen molar-refractivity contribution in [2.24, 2.45) is 0 Å². The number of benzene rings is 1. The van der Waals surface area contributed by atoms with Crippen LogP contribution in [0.4, 0.5) is 4.39 Å². The van der Waals surface area contributed by atoms with E-state index in [0.29, 0.717) is 35.0 Å². The van der Waals surface area contributed by atoms with Crippen molar-refractivity contribution in [2.75, 3.05) is 20.3 Å². The maximum absolute atomic E-state index is 13.4. The molecule has 3 rings (SSSR count). The molecule has 0 bridgehead atoms. The summed E-state index contributed by atoms with van der Waals surface area (Å²) >= 11 is 3.25. The molecule has 1 N–H and O–H groups in total. The normalized spacial score (nSPS) is 22.4. The molecule has 2 heterocycles. The van der Waals surface area contributed by atoms with Crippen LogP contribution in [0, 0.1) is 5.82 Å². The summed E-state index contributed by atoms with van der Waals surface area (Å²) in [5.41, 5.74) is 0.576. The predicted octanol–water partition coefficient (Wildman–Crippen LogP) is 2.34. The summed E-state index contributed by atoms with van der Waals surface area (Å²) in [6, 6.07) is 4.66. The Kier molecular flexibility index (Phi) is 3.82. The minimum absolute atomic E-state index is 0.0262. The molecule has 0 spiro atoms. The molecule has 1 fully saturated rings. The number of halogens is 2. The van der Waals surface area contributed by atoms with Crippen LogP contribution in [-0.2, 0) is 4.74 Å². The molecule has 7 heteroatoms. The highest BCUT2D eigenvalue weighted by atomic mass is 79.9. The van der Waals surface area contributed by atoms with E-state index in [2.05, 4.69) is 31.4 Å². The Balaban J connectivity index is 1.90. The van der Waals surface area contributed by atoms with E-state index in [1.54, 1.807) is 6.07 Å². The fraction of sp³-hybridized carbons (Fsp3) is 0.385. The molecule has 2 unspecified atom stereocenters. The summed E-state index contributed by atoms with van der Waals surface area (Å²) in [6.45, 7) is 1.16. The van der Waals surface area contributed by atoms with Crippen molar-refractivity contribution < 1.29 is 13.7 Å². The van der Waals surface area contributed by atoms with Crippen LogP contribution in [0.3, 0.4) is 0 Å². The van der Waals surface area contributed by atoms with Gasteiger partial charge in [-0.25, -0.2) is 4.39 Å². The average molecular weight is 342 g/mol. The van der Waals surface area contributed by atoms with Crippen molar-refractivity contribution in [1.29, 1.82) is 0 Å². The highest BCUT2D eigenvalue weighted by Gasteiger charge is 2.33. The summed E-state index contributed by atoms with van der Waals surface area (Å²) in [4.78, 5) is 4.36. The number of hydrogen-bond donors (Lipinski definition) is 1. The lowest BCUT2D eigenvalue weighted by Crippen LogP contribution is -2.31. The third-order valence-corrected chi connectivity index (χ3v) is 3.79. The first-order chi connectivity index (χ1) is 9.67. The number of likely N-dealkylation sites (N-methyl/N-ethyl adjacent to an activating group) is 1. The highest BCUT2D eigenvalue weighted by Crippen LogP contribution is 2.27. The Hall–Kier alpha value is -1.31. The number of ether oxygens (including phenoxy) is 1. The second-order valence-corrected chi connectivity index (χ2v) is 5.57. The zero-order chi connectivity index (χ0) is 14.1. The van der Waals surface area contributed by atoms with Crippen LogP contribution >= 0.6 is 15.9 Å². The van der Waals surface area contributed by atoms with E-state index >= 15 is 0 Å². The van der Waals surface area contributed by atoms with Gasteiger partial charge in [0.1, 0.15) is 5.82 Å². The number of nitrogens with zero attached hydrogens (tertiary/aromatic N) is 2. The predicted molar refractivity (Wildman–Crippen MR) is 73.8 cm³/mol. The van der Waals surface area contributed by atoms with Crippen LogP contribution in [0.15, 0.2) is 27.2 Å². The Labute approximate surface area is 123 Å². The quantitative estimate of drug-likeness (QED) is 0.928. The second kappa shape index (κ2) is 5.59. The molecule has 5 nitrogen and oxygen atoms in total. The lowest BCUT2D eigenvalue weighted by Gasteiger charge is -2.11. The van der Waals surface area contributed by atoms with Gasteiger partial charge in [0.2, 0.25) is 11.7 Å². The molecule has 2 atom stereocenters. The van der Waals surface area contributed by atoms with Gasteiger partial charge in [-0.05, 0) is 25.2 Å². The largest absolute Gasteiger partial charge is 0.379 e. The third-order valence-electron chi connectivity index (χ3n) is 3.33. The van der Waals surface area contributed by atoms with Gasteiger partial charge in [0.05, 0.1) is 19.1 Å². The van der Waals surface area contributed by atoms with Crippen LogP contribution in [-0.4, -0.2) is 36.4 Å². The molecule has 20 heavy (non-hydrogen) atoms. The molecule has 1 aromatic carbocycles. The summed E-state index contributed by atoms with van der Waals surface area (Å²) in [7, 11) is 1.87. The molecule has 0 radical (unpaired) electrons. The first kappa shape index (κ1) is 13.7. The molecule has 0 amide bonds. The number of hydrogen-bond acceptors (Lipinski definition) is 5. The van der Waals surface area contributed by atoms with Crippen LogP contribution in [0.25, 0.3) is 11.4 Å². The molecule has 1 aliphatic rings. The van der Waals surface area contributed by atoms with Crippen molar-refractivity contribution in [1.82, 2.24) is 15.5 Å². The first-order valence-electron chi connectivity index (χ1n) is 6.22. The molecule has 106 valence electrons. The minimum atomic E-state index is -0.349. The third kappa shape index (κ3) is 2.61. The van der Waals surface area contributed by atoms with Crippen LogP contribution in [0.2, 0.25) is 0 Å². The molecule has 1 saturated heterocycles. The van der Waals surface area contributed by atoms with Crippen LogP contribution in [0.1, 0.15) is 11.8 Å². The van der Waals surface area contributed by atoms with Gasteiger partial charge >= 0.3 is 0 Å². The monoisotopic (exact) mass is 341 g/mol. The van der Waals surface area contributed by atoms with E-state index in [1.165, 1.54) is 12.1 Å². The zero-order valence-electron chi connectivity index (χ0n) is 10.8. The Morgan fingerprint density at radius 3 is 2.95 bits per heavy atom. The lowest BCUT2D eigenvalue weighted by molar-refractivity contribution is 0.185. The fourth-order valence-electron chi connectivity index (χ4n) is 2.27. The van der Waals surface area contributed by atoms with E-state index in [9.17, 15) is 4.39 Å². The lowest BCUT2D eigenvalue weighted by atomic mass is 10.0. The van der Waals surface area contributed by atoms with E-state index < -0.39 is 0 Å². The van der Waals surface area contributed by atoms with Gasteiger partial charge in [-0.2, -0.15) is 4.98 Å². The van der Waals surface area contributed by atoms with Gasteiger partial charge < -0.3 is 14.6 Å². The van der Waals surface area contributed by atoms with Crippen molar-refractivity contribution >= 4 is 15.9 Å². The Bertz CT molecular complexity index is 599. The Morgan fingerprint density at radius 2 is 2.20 bits per heavy atom. The zero-order valence-corrected chi connectivity index (χ0v) is 12.4. The van der Waals surface area contributed by atoms with E-state index in [1.807, 2.05) is 7.05 Å². The van der Waals surface area contributed by atoms with Crippen molar-refractivity contribution in [3.8, 4) is 11.4 Å². The molecular weight excluding hydrogens is 329 g/mol.